The van der Waals surface area contributed by atoms with Gasteiger partial charge in [-0.1, -0.05) is 30.9 Å². The molecule has 32 heavy (non-hydrogen) atoms. The van der Waals surface area contributed by atoms with E-state index in [1.165, 1.54) is 26.2 Å². The number of hydrogen-bond donors (Lipinski definition) is 1. The van der Waals surface area contributed by atoms with Gasteiger partial charge in [-0.3, -0.25) is 10.1 Å². The number of rotatable bonds is 10. The van der Waals surface area contributed by atoms with Gasteiger partial charge in [0, 0.05) is 25.2 Å². The van der Waals surface area contributed by atoms with Crippen molar-refractivity contribution in [3.8, 4) is 17.2 Å². The van der Waals surface area contributed by atoms with Crippen LogP contribution in [0.3, 0.4) is 0 Å². The van der Waals surface area contributed by atoms with E-state index in [0.717, 1.165) is 23.6 Å². The molecule has 1 amide bonds. The molecule has 1 aromatic heterocycles. The van der Waals surface area contributed by atoms with E-state index >= 15 is 0 Å². The summed E-state index contributed by atoms with van der Waals surface area (Å²) in [6.07, 6.45) is 3.16. The molecule has 1 heterocycles. The number of nitrogens with one attached hydrogen (secondary N) is 1. The van der Waals surface area contributed by atoms with Gasteiger partial charge in [0.05, 0.1) is 11.5 Å². The van der Waals surface area contributed by atoms with Gasteiger partial charge in [0.15, 0.2) is 0 Å². The van der Waals surface area contributed by atoms with E-state index in [1.807, 2.05) is 0 Å². The highest BCUT2D eigenvalue weighted by atomic mass is 32.2. The molecular formula is C22H26N4O5S. The lowest BCUT2D eigenvalue weighted by Crippen LogP contribution is -2.22. The van der Waals surface area contributed by atoms with Gasteiger partial charge in [0.2, 0.25) is 15.9 Å². The van der Waals surface area contributed by atoms with Gasteiger partial charge in [0.1, 0.15) is 5.75 Å². The Bertz CT molecular complexity index is 1160. The van der Waals surface area contributed by atoms with Crippen molar-refractivity contribution < 1.29 is 22.4 Å². The van der Waals surface area contributed by atoms with Gasteiger partial charge in [0.25, 0.3) is 5.91 Å². The lowest BCUT2D eigenvalue weighted by molar-refractivity contribution is 0.102. The van der Waals surface area contributed by atoms with Gasteiger partial charge >= 0.3 is 6.01 Å². The second kappa shape index (κ2) is 10.4. The smallest absolute Gasteiger partial charge is 0.322 e. The van der Waals surface area contributed by atoms with Gasteiger partial charge in [-0.25, -0.2) is 12.7 Å². The Kier molecular flexibility index (Phi) is 7.60. The van der Waals surface area contributed by atoms with Crippen LogP contribution in [-0.4, -0.2) is 49.5 Å². The lowest BCUT2D eigenvalue weighted by atomic mass is 10.2. The van der Waals surface area contributed by atoms with Crippen LogP contribution in [0.2, 0.25) is 0 Å². The molecular weight excluding hydrogens is 432 g/mol. The van der Waals surface area contributed by atoms with E-state index in [1.54, 1.807) is 36.4 Å². The molecule has 0 aliphatic rings. The summed E-state index contributed by atoms with van der Waals surface area (Å²) in [6.45, 7) is 2.72. The molecule has 0 saturated carbocycles. The van der Waals surface area contributed by atoms with Crippen molar-refractivity contribution in [3.63, 3.8) is 0 Å². The van der Waals surface area contributed by atoms with E-state index in [4.69, 9.17) is 9.15 Å². The Hall–Kier alpha value is -3.24. The monoisotopic (exact) mass is 458 g/mol. The summed E-state index contributed by atoms with van der Waals surface area (Å²) in [5, 5.41) is 10.3. The van der Waals surface area contributed by atoms with Crippen LogP contribution < -0.4 is 10.1 Å². The molecule has 0 atom stereocenters. The third kappa shape index (κ3) is 5.71. The molecule has 0 fully saturated rings. The SMILES string of the molecule is CCCCCOc1cccc(C(=O)Nc2nnc(-c3ccc(S(=O)(=O)N(C)C)cc3)o2)c1. The van der Waals surface area contributed by atoms with Crippen molar-refractivity contribution in [1.29, 1.82) is 0 Å². The van der Waals surface area contributed by atoms with Crippen molar-refractivity contribution >= 4 is 21.9 Å². The number of carbonyl (C=O) groups is 1. The Morgan fingerprint density at radius 3 is 2.53 bits per heavy atom. The number of unbranched alkanes of at least 4 members (excludes halogenated alkanes) is 2. The molecule has 9 nitrogen and oxygen atoms in total. The van der Waals surface area contributed by atoms with Crippen molar-refractivity contribution in [3.05, 3.63) is 54.1 Å². The van der Waals surface area contributed by atoms with E-state index < -0.39 is 15.9 Å². The van der Waals surface area contributed by atoms with Gasteiger partial charge in [-0.05, 0) is 48.9 Å². The fourth-order valence-electron chi connectivity index (χ4n) is 2.81. The quantitative estimate of drug-likeness (QED) is 0.459. The van der Waals surface area contributed by atoms with Crippen LogP contribution in [0.25, 0.3) is 11.5 Å². The molecule has 0 radical (unpaired) electrons. The van der Waals surface area contributed by atoms with Gasteiger partial charge in [-0.2, -0.15) is 0 Å². The third-order valence-electron chi connectivity index (χ3n) is 4.64. The Balaban J connectivity index is 1.66. The maximum absolute atomic E-state index is 12.5. The number of sulfonamides is 1. The van der Waals surface area contributed by atoms with Crippen molar-refractivity contribution in [2.24, 2.45) is 0 Å². The molecule has 0 aliphatic heterocycles. The second-order valence-corrected chi connectivity index (χ2v) is 9.41. The second-order valence-electron chi connectivity index (χ2n) is 7.26. The topological polar surface area (TPSA) is 115 Å². The highest BCUT2D eigenvalue weighted by Crippen LogP contribution is 2.23. The van der Waals surface area contributed by atoms with Crippen LogP contribution in [0.5, 0.6) is 5.75 Å². The average molecular weight is 459 g/mol. The molecule has 170 valence electrons. The first-order valence-corrected chi connectivity index (χ1v) is 11.7. The fraction of sp³-hybridized carbons (Fsp3) is 0.318. The molecule has 1 N–H and O–H groups in total. The summed E-state index contributed by atoms with van der Waals surface area (Å²) >= 11 is 0. The van der Waals surface area contributed by atoms with Crippen LogP contribution in [0.15, 0.2) is 57.8 Å². The number of ether oxygens (including phenoxy) is 1. The minimum atomic E-state index is -3.53. The zero-order valence-corrected chi connectivity index (χ0v) is 19.1. The number of amides is 1. The molecule has 0 aliphatic carbocycles. The maximum atomic E-state index is 12.5. The standard InChI is InChI=1S/C22H26N4O5S/c1-4-5-6-14-30-18-9-7-8-17(15-18)20(27)23-22-25-24-21(31-22)16-10-12-19(13-11-16)32(28,29)26(2)3/h7-13,15H,4-6,14H2,1-3H3,(H,23,25,27). The van der Waals surface area contributed by atoms with Crippen LogP contribution in [-0.2, 0) is 10.0 Å². The van der Waals surface area contributed by atoms with Crippen LogP contribution in [0.4, 0.5) is 6.01 Å². The van der Waals surface area contributed by atoms with Gasteiger partial charge in [-0.15, -0.1) is 5.10 Å². The predicted octanol–water partition coefficient (Wildman–Crippen LogP) is 3.81. The fourth-order valence-corrected chi connectivity index (χ4v) is 3.71. The molecule has 3 rings (SSSR count). The molecule has 3 aromatic rings. The minimum absolute atomic E-state index is 0.0655. The molecule has 0 spiro atoms. The number of carbonyl (C=O) groups excluding carboxylic acids is 1. The highest BCUT2D eigenvalue weighted by molar-refractivity contribution is 7.89. The van der Waals surface area contributed by atoms with E-state index in [-0.39, 0.29) is 16.8 Å². The van der Waals surface area contributed by atoms with Crippen LogP contribution in [0, 0.1) is 0 Å². The van der Waals surface area contributed by atoms with Crippen LogP contribution in [0.1, 0.15) is 36.5 Å². The summed E-state index contributed by atoms with van der Waals surface area (Å²) in [7, 11) is -0.605. The number of aromatic nitrogens is 2. The normalized spacial score (nSPS) is 11.5. The zero-order valence-electron chi connectivity index (χ0n) is 18.2. The summed E-state index contributed by atoms with van der Waals surface area (Å²) < 4.78 is 36.7. The number of benzene rings is 2. The largest absolute Gasteiger partial charge is 0.494 e. The lowest BCUT2D eigenvalue weighted by Gasteiger charge is -2.11. The average Bonchev–Trinajstić information content (AvgIpc) is 3.25. The number of hydrogen-bond acceptors (Lipinski definition) is 7. The summed E-state index contributed by atoms with van der Waals surface area (Å²) in [5.74, 6) is 0.362. The van der Waals surface area contributed by atoms with Crippen molar-refractivity contribution in [2.75, 3.05) is 26.0 Å². The first kappa shape index (κ1) is 23.4. The Labute approximate surface area is 187 Å². The van der Waals surface area contributed by atoms with Crippen LogP contribution >= 0.6 is 0 Å². The van der Waals surface area contributed by atoms with Gasteiger partial charge < -0.3 is 9.15 Å². The number of anilines is 1. The Morgan fingerprint density at radius 1 is 1.09 bits per heavy atom. The first-order chi connectivity index (χ1) is 15.3. The molecule has 0 saturated heterocycles. The molecule has 10 heteroatoms. The van der Waals surface area contributed by atoms with E-state index in [0.29, 0.717) is 23.5 Å². The summed E-state index contributed by atoms with van der Waals surface area (Å²) in [4.78, 5) is 12.7. The third-order valence-corrected chi connectivity index (χ3v) is 6.47. The summed E-state index contributed by atoms with van der Waals surface area (Å²) in [6, 6.07) is 12.8. The van der Waals surface area contributed by atoms with Crippen molar-refractivity contribution in [2.45, 2.75) is 31.1 Å². The van der Waals surface area contributed by atoms with Crippen molar-refractivity contribution in [1.82, 2.24) is 14.5 Å². The number of nitrogens with zero attached hydrogens (tertiary/aromatic N) is 3. The maximum Gasteiger partial charge on any atom is 0.322 e. The molecule has 2 aromatic carbocycles. The molecule has 0 unspecified atom stereocenters. The first-order valence-electron chi connectivity index (χ1n) is 10.2. The highest BCUT2D eigenvalue weighted by Gasteiger charge is 2.18. The molecule has 0 bridgehead atoms. The Morgan fingerprint density at radius 2 is 1.84 bits per heavy atom. The zero-order chi connectivity index (χ0) is 23.1. The predicted molar refractivity (Wildman–Crippen MR) is 120 cm³/mol. The van der Waals surface area contributed by atoms with E-state index in [2.05, 4.69) is 22.4 Å². The summed E-state index contributed by atoms with van der Waals surface area (Å²) in [5.41, 5.74) is 0.925. The minimum Gasteiger partial charge on any atom is -0.494 e. The van der Waals surface area contributed by atoms with E-state index in [9.17, 15) is 13.2 Å².